The van der Waals surface area contributed by atoms with E-state index in [-0.39, 0.29) is 5.60 Å². The molecular formula is C11H15NO2. The molecule has 1 aliphatic heterocycles. The molecule has 14 heavy (non-hydrogen) atoms. The van der Waals surface area contributed by atoms with Crippen molar-refractivity contribution in [3.05, 3.63) is 24.3 Å². The Bertz CT molecular complexity index is 327. The second-order valence-electron chi connectivity index (χ2n) is 3.83. The molecular weight excluding hydrogens is 178 g/mol. The number of hydrogen-bond donors (Lipinski definition) is 1. The average molecular weight is 193 g/mol. The van der Waals surface area contributed by atoms with Crippen LogP contribution in [0.3, 0.4) is 0 Å². The van der Waals surface area contributed by atoms with Gasteiger partial charge in [0, 0.05) is 6.42 Å². The highest BCUT2D eigenvalue weighted by atomic mass is 16.6. The van der Waals surface area contributed by atoms with E-state index in [0.29, 0.717) is 13.2 Å². The Labute approximate surface area is 83.8 Å². The Morgan fingerprint density at radius 1 is 1.36 bits per heavy atom. The Balaban J connectivity index is 2.20. The van der Waals surface area contributed by atoms with Crippen molar-refractivity contribution in [1.29, 1.82) is 0 Å². The average Bonchev–Trinajstić information content (AvgIpc) is 2.17. The number of para-hydroxylation sites is 2. The lowest BCUT2D eigenvalue weighted by Gasteiger charge is -2.35. The molecule has 0 saturated heterocycles. The quantitative estimate of drug-likeness (QED) is 0.775. The predicted molar refractivity (Wildman–Crippen MR) is 54.6 cm³/mol. The molecule has 3 heteroatoms. The molecule has 2 rings (SSSR count). The lowest BCUT2D eigenvalue weighted by atomic mass is 10.0. The molecule has 0 bridgehead atoms. The molecule has 76 valence electrons. The van der Waals surface area contributed by atoms with Gasteiger partial charge in [-0.05, 0) is 25.6 Å². The fourth-order valence-corrected chi connectivity index (χ4v) is 1.61. The van der Waals surface area contributed by atoms with Gasteiger partial charge in [-0.1, -0.05) is 12.1 Å². The third-order valence-electron chi connectivity index (χ3n) is 2.41. The zero-order valence-corrected chi connectivity index (χ0v) is 8.32. The Morgan fingerprint density at radius 2 is 2.07 bits per heavy atom. The van der Waals surface area contributed by atoms with Crippen LogP contribution in [-0.4, -0.2) is 18.8 Å². The first-order chi connectivity index (χ1) is 6.73. The molecule has 1 aromatic carbocycles. The van der Waals surface area contributed by atoms with Gasteiger partial charge in [0.2, 0.25) is 0 Å². The molecule has 0 aromatic heterocycles. The normalized spacial score (nSPS) is 24.7. The monoisotopic (exact) mass is 193 g/mol. The topological polar surface area (TPSA) is 44.5 Å². The molecule has 1 atom stereocenters. The van der Waals surface area contributed by atoms with Crippen molar-refractivity contribution < 1.29 is 9.47 Å². The van der Waals surface area contributed by atoms with E-state index in [4.69, 9.17) is 15.2 Å². The van der Waals surface area contributed by atoms with Crippen LogP contribution in [0.5, 0.6) is 11.5 Å². The first kappa shape index (κ1) is 9.34. The lowest BCUT2D eigenvalue weighted by Crippen LogP contribution is -2.43. The summed E-state index contributed by atoms with van der Waals surface area (Å²) in [5.74, 6) is 1.64. The van der Waals surface area contributed by atoms with E-state index in [9.17, 15) is 0 Å². The van der Waals surface area contributed by atoms with Crippen LogP contribution >= 0.6 is 0 Å². The van der Waals surface area contributed by atoms with Gasteiger partial charge in [-0.2, -0.15) is 0 Å². The van der Waals surface area contributed by atoms with E-state index >= 15 is 0 Å². The summed E-state index contributed by atoms with van der Waals surface area (Å²) >= 11 is 0. The van der Waals surface area contributed by atoms with E-state index in [1.165, 1.54) is 0 Å². The minimum absolute atomic E-state index is 0.275. The molecule has 3 nitrogen and oxygen atoms in total. The van der Waals surface area contributed by atoms with Gasteiger partial charge in [0.25, 0.3) is 0 Å². The maximum absolute atomic E-state index is 5.85. The third kappa shape index (κ3) is 1.68. The maximum atomic E-state index is 5.85. The molecule has 0 amide bonds. The highest BCUT2D eigenvalue weighted by Gasteiger charge is 2.31. The molecule has 1 aromatic rings. The maximum Gasteiger partial charge on any atom is 0.162 e. The lowest BCUT2D eigenvalue weighted by molar-refractivity contribution is 0.00167. The molecule has 0 radical (unpaired) electrons. The van der Waals surface area contributed by atoms with Gasteiger partial charge < -0.3 is 15.2 Å². The summed E-state index contributed by atoms with van der Waals surface area (Å²) in [6.45, 7) is 3.21. The summed E-state index contributed by atoms with van der Waals surface area (Å²) in [6, 6.07) is 7.71. The fourth-order valence-electron chi connectivity index (χ4n) is 1.61. The number of nitrogens with two attached hydrogens (primary N) is 1. The van der Waals surface area contributed by atoms with Gasteiger partial charge in [0.1, 0.15) is 12.2 Å². The van der Waals surface area contributed by atoms with Gasteiger partial charge in [-0.15, -0.1) is 0 Å². The third-order valence-corrected chi connectivity index (χ3v) is 2.41. The van der Waals surface area contributed by atoms with E-state index in [2.05, 4.69) is 0 Å². The van der Waals surface area contributed by atoms with E-state index < -0.39 is 0 Å². The fraction of sp³-hybridized carbons (Fsp3) is 0.455. The first-order valence-electron chi connectivity index (χ1n) is 4.84. The van der Waals surface area contributed by atoms with Crippen LogP contribution in [0.1, 0.15) is 13.3 Å². The van der Waals surface area contributed by atoms with E-state index in [1.54, 1.807) is 0 Å². The first-order valence-corrected chi connectivity index (χ1v) is 4.84. The Hall–Kier alpha value is -1.22. The number of rotatable bonds is 2. The van der Waals surface area contributed by atoms with E-state index in [1.807, 2.05) is 31.2 Å². The summed E-state index contributed by atoms with van der Waals surface area (Å²) in [6.07, 6.45) is 0.807. The van der Waals surface area contributed by atoms with Crippen LogP contribution in [0, 0.1) is 0 Å². The molecule has 0 saturated carbocycles. The number of hydrogen-bond acceptors (Lipinski definition) is 3. The van der Waals surface area contributed by atoms with Crippen molar-refractivity contribution in [2.24, 2.45) is 5.73 Å². The van der Waals surface area contributed by atoms with Crippen LogP contribution in [0.15, 0.2) is 24.3 Å². The summed E-state index contributed by atoms with van der Waals surface area (Å²) < 4.78 is 11.5. The SMILES string of the molecule is C[C@@]1(CCN)COc2ccccc2O1. The van der Waals surface area contributed by atoms with Crippen LogP contribution in [0.4, 0.5) is 0 Å². The second-order valence-corrected chi connectivity index (χ2v) is 3.83. The molecule has 1 heterocycles. The smallest absolute Gasteiger partial charge is 0.162 e. The van der Waals surface area contributed by atoms with Crippen molar-refractivity contribution >= 4 is 0 Å². The van der Waals surface area contributed by atoms with Gasteiger partial charge >= 0.3 is 0 Å². The minimum Gasteiger partial charge on any atom is -0.486 e. The van der Waals surface area contributed by atoms with Crippen LogP contribution in [-0.2, 0) is 0 Å². The van der Waals surface area contributed by atoms with Crippen molar-refractivity contribution in [3.63, 3.8) is 0 Å². The standard InChI is InChI=1S/C11H15NO2/c1-11(6-7-12)8-13-9-4-2-3-5-10(9)14-11/h2-5H,6-8,12H2,1H3/t11-/m1/s1. The van der Waals surface area contributed by atoms with E-state index in [0.717, 1.165) is 17.9 Å². The second kappa shape index (κ2) is 3.50. The zero-order valence-electron chi connectivity index (χ0n) is 8.32. The molecule has 0 fully saturated rings. The molecule has 1 aliphatic rings. The van der Waals surface area contributed by atoms with Crippen LogP contribution in [0.2, 0.25) is 0 Å². The molecule has 0 spiro atoms. The van der Waals surface area contributed by atoms with Crippen molar-refractivity contribution in [3.8, 4) is 11.5 Å². The van der Waals surface area contributed by atoms with Crippen molar-refractivity contribution in [2.75, 3.05) is 13.2 Å². The van der Waals surface area contributed by atoms with Gasteiger partial charge in [0.15, 0.2) is 11.5 Å². The number of fused-ring (bicyclic) bond motifs is 1. The zero-order chi connectivity index (χ0) is 10.0. The van der Waals surface area contributed by atoms with Crippen molar-refractivity contribution in [2.45, 2.75) is 18.9 Å². The van der Waals surface area contributed by atoms with Gasteiger partial charge in [0.05, 0.1) is 0 Å². The Kier molecular flexibility index (Phi) is 2.33. The largest absolute Gasteiger partial charge is 0.486 e. The van der Waals surface area contributed by atoms with Gasteiger partial charge in [-0.25, -0.2) is 0 Å². The highest BCUT2D eigenvalue weighted by molar-refractivity contribution is 5.41. The molecule has 0 unspecified atom stereocenters. The summed E-state index contributed by atoms with van der Waals surface area (Å²) in [5.41, 5.74) is 5.25. The molecule has 0 aliphatic carbocycles. The van der Waals surface area contributed by atoms with Gasteiger partial charge in [-0.3, -0.25) is 0 Å². The predicted octanol–water partition coefficient (Wildman–Crippen LogP) is 1.57. The van der Waals surface area contributed by atoms with Crippen molar-refractivity contribution in [1.82, 2.24) is 0 Å². The summed E-state index contributed by atoms with van der Waals surface area (Å²) in [4.78, 5) is 0. The summed E-state index contributed by atoms with van der Waals surface area (Å²) in [7, 11) is 0. The minimum atomic E-state index is -0.275. The Morgan fingerprint density at radius 3 is 2.79 bits per heavy atom. The number of ether oxygens (including phenoxy) is 2. The van der Waals surface area contributed by atoms with Crippen LogP contribution in [0.25, 0.3) is 0 Å². The number of benzene rings is 1. The highest BCUT2D eigenvalue weighted by Crippen LogP contribution is 2.35. The molecule has 2 N–H and O–H groups in total. The van der Waals surface area contributed by atoms with Crippen LogP contribution < -0.4 is 15.2 Å². The summed E-state index contributed by atoms with van der Waals surface area (Å²) in [5, 5.41) is 0.